The number of benzene rings is 1. The van der Waals surface area contributed by atoms with E-state index in [2.05, 4.69) is 26.1 Å². The molecule has 0 spiro atoms. The molecule has 1 amide bonds. The van der Waals surface area contributed by atoms with E-state index in [1.807, 2.05) is 41.1 Å². The first-order valence-corrected chi connectivity index (χ1v) is 7.31. The molecule has 0 aliphatic heterocycles. The third kappa shape index (κ3) is 3.67. The second-order valence-electron chi connectivity index (χ2n) is 5.64. The number of nitrogens with one attached hydrogen (secondary N) is 1. The summed E-state index contributed by atoms with van der Waals surface area (Å²) in [5.41, 5.74) is 3.21. The molecule has 0 radical (unpaired) electrons. The van der Waals surface area contributed by atoms with Crippen LogP contribution in [0.3, 0.4) is 0 Å². The van der Waals surface area contributed by atoms with E-state index in [1.165, 1.54) is 5.56 Å². The van der Waals surface area contributed by atoms with Crippen molar-refractivity contribution >= 4 is 17.2 Å². The van der Waals surface area contributed by atoms with Crippen molar-refractivity contribution in [3.8, 4) is 0 Å². The summed E-state index contributed by atoms with van der Waals surface area (Å²) >= 11 is 1.64. The maximum absolute atomic E-state index is 12.0. The molecule has 0 saturated heterocycles. The molecule has 0 fully saturated rings. The molecule has 100 valence electrons. The van der Waals surface area contributed by atoms with Crippen molar-refractivity contribution in [1.29, 1.82) is 0 Å². The Kier molecular flexibility index (Phi) is 4.05. The fraction of sp³-hybridized carbons (Fsp3) is 0.312. The normalized spacial score (nSPS) is 11.3. The van der Waals surface area contributed by atoms with Gasteiger partial charge in [-0.3, -0.25) is 4.79 Å². The minimum absolute atomic E-state index is 0.0216. The van der Waals surface area contributed by atoms with Crippen molar-refractivity contribution in [2.24, 2.45) is 0 Å². The van der Waals surface area contributed by atoms with Crippen molar-refractivity contribution in [3.05, 3.63) is 57.8 Å². The molecule has 1 N–H and O–H groups in total. The highest BCUT2D eigenvalue weighted by Crippen LogP contribution is 2.22. The molecule has 0 aliphatic rings. The minimum atomic E-state index is -0.0216. The summed E-state index contributed by atoms with van der Waals surface area (Å²) in [6.45, 7) is 7.08. The van der Waals surface area contributed by atoms with Crippen molar-refractivity contribution in [1.82, 2.24) is 5.32 Å². The zero-order chi connectivity index (χ0) is 13.9. The first kappa shape index (κ1) is 13.8. The summed E-state index contributed by atoms with van der Waals surface area (Å²) < 4.78 is 0. The number of carbonyl (C=O) groups is 1. The maximum atomic E-state index is 12.0. The van der Waals surface area contributed by atoms with Gasteiger partial charge in [-0.2, -0.15) is 11.3 Å². The van der Waals surface area contributed by atoms with E-state index >= 15 is 0 Å². The van der Waals surface area contributed by atoms with Gasteiger partial charge in [-0.1, -0.05) is 32.9 Å². The van der Waals surface area contributed by atoms with E-state index in [0.717, 1.165) is 5.56 Å². The third-order valence-corrected chi connectivity index (χ3v) is 3.78. The molecule has 1 aromatic heterocycles. The van der Waals surface area contributed by atoms with Gasteiger partial charge in [0.25, 0.3) is 5.91 Å². The van der Waals surface area contributed by atoms with E-state index < -0.39 is 0 Å². The molecule has 1 heterocycles. The summed E-state index contributed by atoms with van der Waals surface area (Å²) in [5.74, 6) is -0.0216. The molecule has 2 aromatic rings. The summed E-state index contributed by atoms with van der Waals surface area (Å²) in [6.07, 6.45) is 0. The minimum Gasteiger partial charge on any atom is -0.348 e. The van der Waals surface area contributed by atoms with Gasteiger partial charge < -0.3 is 5.32 Å². The molecule has 1 aromatic carbocycles. The first-order valence-electron chi connectivity index (χ1n) is 6.36. The average molecular weight is 273 g/mol. The lowest BCUT2D eigenvalue weighted by atomic mass is 9.87. The molecular weight excluding hydrogens is 254 g/mol. The van der Waals surface area contributed by atoms with Crippen LogP contribution in [0.25, 0.3) is 0 Å². The quantitative estimate of drug-likeness (QED) is 0.900. The molecule has 2 rings (SSSR count). The lowest BCUT2D eigenvalue weighted by molar-refractivity contribution is 0.0951. The molecule has 0 atom stereocenters. The molecule has 0 unspecified atom stereocenters. The van der Waals surface area contributed by atoms with E-state index in [0.29, 0.717) is 12.1 Å². The predicted molar refractivity (Wildman–Crippen MR) is 80.6 cm³/mol. The largest absolute Gasteiger partial charge is 0.348 e. The molecule has 0 aliphatic carbocycles. The highest BCUT2D eigenvalue weighted by molar-refractivity contribution is 7.07. The van der Waals surface area contributed by atoms with Crippen molar-refractivity contribution in [3.63, 3.8) is 0 Å². The maximum Gasteiger partial charge on any atom is 0.251 e. The van der Waals surface area contributed by atoms with Gasteiger partial charge >= 0.3 is 0 Å². The van der Waals surface area contributed by atoms with Gasteiger partial charge in [-0.05, 0) is 45.5 Å². The summed E-state index contributed by atoms with van der Waals surface area (Å²) in [7, 11) is 0. The molecule has 3 heteroatoms. The third-order valence-electron chi connectivity index (χ3n) is 3.05. The van der Waals surface area contributed by atoms with Gasteiger partial charge in [0.1, 0.15) is 0 Å². The van der Waals surface area contributed by atoms with Crippen molar-refractivity contribution in [2.75, 3.05) is 0 Å². The second kappa shape index (κ2) is 5.57. The van der Waals surface area contributed by atoms with Crippen LogP contribution in [0.1, 0.15) is 42.3 Å². The number of hydrogen-bond acceptors (Lipinski definition) is 2. The topological polar surface area (TPSA) is 29.1 Å². The Morgan fingerprint density at radius 2 is 1.84 bits per heavy atom. The number of hydrogen-bond donors (Lipinski definition) is 1. The van der Waals surface area contributed by atoms with Gasteiger partial charge in [0.2, 0.25) is 0 Å². The zero-order valence-corrected chi connectivity index (χ0v) is 12.4. The van der Waals surface area contributed by atoms with Crippen LogP contribution in [0, 0.1) is 0 Å². The lowest BCUT2D eigenvalue weighted by Gasteiger charge is -2.19. The van der Waals surface area contributed by atoms with Crippen LogP contribution in [0.5, 0.6) is 0 Å². The highest BCUT2D eigenvalue weighted by atomic mass is 32.1. The van der Waals surface area contributed by atoms with Crippen LogP contribution >= 0.6 is 11.3 Å². The molecule has 0 saturated carbocycles. The molecule has 2 nitrogen and oxygen atoms in total. The van der Waals surface area contributed by atoms with Crippen molar-refractivity contribution < 1.29 is 4.79 Å². The Morgan fingerprint density at radius 1 is 1.16 bits per heavy atom. The highest BCUT2D eigenvalue weighted by Gasteiger charge is 2.14. The Hall–Kier alpha value is -1.61. The lowest BCUT2D eigenvalue weighted by Crippen LogP contribution is -2.22. The van der Waals surface area contributed by atoms with E-state index in [9.17, 15) is 4.79 Å². The Bertz CT molecular complexity index is 535. The average Bonchev–Trinajstić information content (AvgIpc) is 2.88. The van der Waals surface area contributed by atoms with E-state index in [1.54, 1.807) is 11.3 Å². The van der Waals surface area contributed by atoms with Crippen LogP contribution in [0.2, 0.25) is 0 Å². The van der Waals surface area contributed by atoms with Crippen LogP contribution in [0.15, 0.2) is 41.1 Å². The van der Waals surface area contributed by atoms with Crippen LogP contribution in [-0.2, 0) is 12.0 Å². The molecular formula is C16H19NOS. The fourth-order valence-electron chi connectivity index (χ4n) is 1.80. The number of amides is 1. The number of carbonyl (C=O) groups excluding carboxylic acids is 1. The monoisotopic (exact) mass is 273 g/mol. The van der Waals surface area contributed by atoms with Gasteiger partial charge in [0, 0.05) is 12.1 Å². The Morgan fingerprint density at radius 3 is 2.37 bits per heavy atom. The van der Waals surface area contributed by atoms with Crippen molar-refractivity contribution in [2.45, 2.75) is 32.7 Å². The Balaban J connectivity index is 2.00. The Labute approximate surface area is 118 Å². The second-order valence-corrected chi connectivity index (χ2v) is 6.42. The smallest absolute Gasteiger partial charge is 0.251 e. The first-order chi connectivity index (χ1) is 8.97. The van der Waals surface area contributed by atoms with E-state index in [-0.39, 0.29) is 11.3 Å². The van der Waals surface area contributed by atoms with Gasteiger partial charge in [0.05, 0.1) is 0 Å². The predicted octanol–water partition coefficient (Wildman–Crippen LogP) is 3.98. The fourth-order valence-corrected chi connectivity index (χ4v) is 2.47. The van der Waals surface area contributed by atoms with Gasteiger partial charge in [-0.25, -0.2) is 0 Å². The van der Waals surface area contributed by atoms with Crippen LogP contribution in [-0.4, -0.2) is 5.91 Å². The zero-order valence-electron chi connectivity index (χ0n) is 11.6. The summed E-state index contributed by atoms with van der Waals surface area (Å²) in [6, 6.07) is 9.86. The number of thiophene rings is 1. The van der Waals surface area contributed by atoms with Crippen LogP contribution < -0.4 is 5.32 Å². The van der Waals surface area contributed by atoms with Gasteiger partial charge in [0.15, 0.2) is 0 Å². The molecule has 19 heavy (non-hydrogen) atoms. The van der Waals surface area contributed by atoms with E-state index in [4.69, 9.17) is 0 Å². The summed E-state index contributed by atoms with van der Waals surface area (Å²) in [5, 5.41) is 6.99. The summed E-state index contributed by atoms with van der Waals surface area (Å²) in [4.78, 5) is 12.0. The van der Waals surface area contributed by atoms with Crippen LogP contribution in [0.4, 0.5) is 0 Å². The van der Waals surface area contributed by atoms with Gasteiger partial charge in [-0.15, -0.1) is 0 Å². The number of rotatable bonds is 3. The molecule has 0 bridgehead atoms. The standard InChI is InChI=1S/C16H19NOS/c1-16(2,3)14-6-4-13(5-7-14)15(18)17-10-12-8-9-19-11-12/h4-9,11H,10H2,1-3H3,(H,17,18). The SMILES string of the molecule is CC(C)(C)c1ccc(C(=O)NCc2ccsc2)cc1.